The van der Waals surface area contributed by atoms with Crippen LogP contribution >= 0.6 is 11.3 Å². The molecule has 0 aliphatic heterocycles. The van der Waals surface area contributed by atoms with Gasteiger partial charge in [-0.3, -0.25) is 4.79 Å². The molecule has 0 fully saturated rings. The molecular formula is C20H20N2O3S. The van der Waals surface area contributed by atoms with Crippen LogP contribution in [-0.4, -0.2) is 25.1 Å². The van der Waals surface area contributed by atoms with Crippen molar-refractivity contribution < 1.29 is 14.3 Å². The minimum Gasteiger partial charge on any atom is -0.497 e. The van der Waals surface area contributed by atoms with Crippen LogP contribution in [0.1, 0.15) is 10.6 Å². The molecular weight excluding hydrogens is 348 g/mol. The summed E-state index contributed by atoms with van der Waals surface area (Å²) in [4.78, 5) is 16.7. The second-order valence-corrected chi connectivity index (χ2v) is 6.57. The molecule has 0 saturated heterocycles. The minimum atomic E-state index is -0.0450. The third-order valence-corrected chi connectivity index (χ3v) is 4.73. The van der Waals surface area contributed by atoms with E-state index in [2.05, 4.69) is 10.3 Å². The summed E-state index contributed by atoms with van der Waals surface area (Å²) in [5.41, 5.74) is 2.74. The van der Waals surface area contributed by atoms with Gasteiger partial charge in [0.15, 0.2) is 0 Å². The molecule has 26 heavy (non-hydrogen) atoms. The maximum atomic E-state index is 12.2. The highest BCUT2D eigenvalue weighted by atomic mass is 32.1. The topological polar surface area (TPSA) is 60.5 Å². The summed E-state index contributed by atoms with van der Waals surface area (Å²) in [5.74, 6) is 1.37. The number of benzene rings is 2. The van der Waals surface area contributed by atoms with Crippen molar-refractivity contribution in [2.75, 3.05) is 14.2 Å². The molecule has 0 atom stereocenters. The summed E-state index contributed by atoms with van der Waals surface area (Å²) in [6, 6.07) is 15.4. The molecule has 3 rings (SSSR count). The van der Waals surface area contributed by atoms with Crippen molar-refractivity contribution in [2.24, 2.45) is 0 Å². The molecule has 134 valence electrons. The molecule has 1 heterocycles. The van der Waals surface area contributed by atoms with Crippen LogP contribution in [0.15, 0.2) is 53.9 Å². The number of nitrogens with one attached hydrogen (secondary N) is 1. The highest BCUT2D eigenvalue weighted by Gasteiger charge is 2.13. The summed E-state index contributed by atoms with van der Waals surface area (Å²) in [7, 11) is 3.23. The third kappa shape index (κ3) is 4.40. The molecule has 0 radical (unpaired) electrons. The van der Waals surface area contributed by atoms with E-state index in [-0.39, 0.29) is 12.3 Å². The molecule has 6 heteroatoms. The largest absolute Gasteiger partial charge is 0.497 e. The first-order valence-electron chi connectivity index (χ1n) is 8.17. The standard InChI is InChI=1S/C20H20N2O3S/c1-24-15-8-9-16(18(10-15)25-2)17-13-26-20(22-17)11-19(23)21-12-14-6-4-3-5-7-14/h3-10,13H,11-12H2,1-2H3,(H,21,23). The zero-order valence-corrected chi connectivity index (χ0v) is 15.5. The van der Waals surface area contributed by atoms with E-state index in [4.69, 9.17) is 9.47 Å². The van der Waals surface area contributed by atoms with Gasteiger partial charge in [0.05, 0.1) is 26.3 Å². The van der Waals surface area contributed by atoms with E-state index in [1.54, 1.807) is 14.2 Å². The Kier molecular flexibility index (Phi) is 5.86. The molecule has 1 N–H and O–H groups in total. The van der Waals surface area contributed by atoms with Gasteiger partial charge in [0.25, 0.3) is 0 Å². The van der Waals surface area contributed by atoms with Gasteiger partial charge in [0.2, 0.25) is 5.91 Å². The van der Waals surface area contributed by atoms with Crippen molar-refractivity contribution in [3.05, 3.63) is 64.5 Å². The molecule has 0 aliphatic rings. The van der Waals surface area contributed by atoms with Gasteiger partial charge < -0.3 is 14.8 Å². The third-order valence-electron chi connectivity index (χ3n) is 3.88. The first kappa shape index (κ1) is 17.9. The van der Waals surface area contributed by atoms with Gasteiger partial charge in [-0.1, -0.05) is 30.3 Å². The summed E-state index contributed by atoms with van der Waals surface area (Å²) >= 11 is 1.46. The van der Waals surface area contributed by atoms with Gasteiger partial charge in [-0.05, 0) is 17.7 Å². The number of carbonyl (C=O) groups excluding carboxylic acids is 1. The maximum Gasteiger partial charge on any atom is 0.227 e. The molecule has 2 aromatic carbocycles. The maximum absolute atomic E-state index is 12.2. The normalized spacial score (nSPS) is 10.4. The van der Waals surface area contributed by atoms with Crippen molar-refractivity contribution in [3.8, 4) is 22.8 Å². The van der Waals surface area contributed by atoms with E-state index in [1.807, 2.05) is 53.9 Å². The summed E-state index contributed by atoms with van der Waals surface area (Å²) in [5, 5.41) is 5.62. The van der Waals surface area contributed by atoms with Gasteiger partial charge in [-0.25, -0.2) is 4.98 Å². The van der Waals surface area contributed by atoms with Gasteiger partial charge in [0, 0.05) is 23.6 Å². The minimum absolute atomic E-state index is 0.0450. The summed E-state index contributed by atoms with van der Waals surface area (Å²) < 4.78 is 10.6. The van der Waals surface area contributed by atoms with Crippen LogP contribution in [0.5, 0.6) is 11.5 Å². The van der Waals surface area contributed by atoms with Crippen LogP contribution in [0.3, 0.4) is 0 Å². The molecule has 0 saturated carbocycles. The molecule has 5 nitrogen and oxygen atoms in total. The van der Waals surface area contributed by atoms with Crippen molar-refractivity contribution in [3.63, 3.8) is 0 Å². The Hall–Kier alpha value is -2.86. The summed E-state index contributed by atoms with van der Waals surface area (Å²) in [6.45, 7) is 0.518. The number of hydrogen-bond donors (Lipinski definition) is 1. The first-order valence-corrected chi connectivity index (χ1v) is 9.05. The molecule has 0 spiro atoms. The lowest BCUT2D eigenvalue weighted by Crippen LogP contribution is -2.24. The van der Waals surface area contributed by atoms with Crippen molar-refractivity contribution >= 4 is 17.2 Å². The Morgan fingerprint density at radius 1 is 1.12 bits per heavy atom. The van der Waals surface area contributed by atoms with Crippen LogP contribution in [0.2, 0.25) is 0 Å². The number of rotatable bonds is 7. The van der Waals surface area contributed by atoms with Crippen molar-refractivity contribution in [2.45, 2.75) is 13.0 Å². The Balaban J connectivity index is 1.65. The molecule has 0 unspecified atom stereocenters. The monoisotopic (exact) mass is 368 g/mol. The zero-order chi connectivity index (χ0) is 18.4. The number of ether oxygens (including phenoxy) is 2. The zero-order valence-electron chi connectivity index (χ0n) is 14.7. The predicted molar refractivity (Wildman–Crippen MR) is 103 cm³/mol. The van der Waals surface area contributed by atoms with Gasteiger partial charge in [-0.15, -0.1) is 11.3 Å². The molecule has 1 aromatic heterocycles. The molecule has 1 amide bonds. The predicted octanol–water partition coefficient (Wildman–Crippen LogP) is 3.69. The Bertz CT molecular complexity index is 878. The van der Waals surface area contributed by atoms with Crippen molar-refractivity contribution in [1.29, 1.82) is 0 Å². The number of hydrogen-bond acceptors (Lipinski definition) is 5. The number of aromatic nitrogens is 1. The fourth-order valence-corrected chi connectivity index (χ4v) is 3.32. The number of amides is 1. The number of nitrogens with zero attached hydrogens (tertiary/aromatic N) is 1. The Morgan fingerprint density at radius 2 is 1.92 bits per heavy atom. The van der Waals surface area contributed by atoms with E-state index < -0.39 is 0 Å². The first-order chi connectivity index (χ1) is 12.7. The lowest BCUT2D eigenvalue weighted by Gasteiger charge is -2.08. The molecule has 0 bridgehead atoms. The average molecular weight is 368 g/mol. The van der Waals surface area contributed by atoms with E-state index in [0.717, 1.165) is 27.6 Å². The van der Waals surface area contributed by atoms with Crippen LogP contribution in [0.4, 0.5) is 0 Å². The second-order valence-electron chi connectivity index (χ2n) is 5.63. The highest BCUT2D eigenvalue weighted by molar-refractivity contribution is 7.10. The van der Waals surface area contributed by atoms with E-state index in [0.29, 0.717) is 12.3 Å². The average Bonchev–Trinajstić information content (AvgIpc) is 3.14. The van der Waals surface area contributed by atoms with Crippen LogP contribution < -0.4 is 14.8 Å². The van der Waals surface area contributed by atoms with E-state index >= 15 is 0 Å². The number of methoxy groups -OCH3 is 2. The quantitative estimate of drug-likeness (QED) is 0.691. The highest BCUT2D eigenvalue weighted by Crippen LogP contribution is 2.33. The smallest absolute Gasteiger partial charge is 0.227 e. The lowest BCUT2D eigenvalue weighted by molar-refractivity contribution is -0.120. The lowest BCUT2D eigenvalue weighted by atomic mass is 10.1. The Morgan fingerprint density at radius 3 is 2.65 bits per heavy atom. The van der Waals surface area contributed by atoms with Crippen molar-refractivity contribution in [1.82, 2.24) is 10.3 Å². The van der Waals surface area contributed by atoms with Gasteiger partial charge >= 0.3 is 0 Å². The molecule has 0 aliphatic carbocycles. The number of thiazole rings is 1. The van der Waals surface area contributed by atoms with Gasteiger partial charge in [-0.2, -0.15) is 0 Å². The van der Waals surface area contributed by atoms with E-state index in [9.17, 15) is 4.79 Å². The van der Waals surface area contributed by atoms with Crippen LogP contribution in [-0.2, 0) is 17.8 Å². The van der Waals surface area contributed by atoms with Crippen LogP contribution in [0, 0.1) is 0 Å². The number of carbonyl (C=O) groups is 1. The fraction of sp³-hybridized carbons (Fsp3) is 0.200. The fourth-order valence-electron chi connectivity index (χ4n) is 2.52. The van der Waals surface area contributed by atoms with Gasteiger partial charge in [0.1, 0.15) is 16.5 Å². The summed E-state index contributed by atoms with van der Waals surface area (Å²) in [6.07, 6.45) is 0.260. The van der Waals surface area contributed by atoms with E-state index in [1.165, 1.54) is 11.3 Å². The Labute approximate surface area is 156 Å². The SMILES string of the molecule is COc1ccc(-c2csc(CC(=O)NCc3ccccc3)n2)c(OC)c1. The van der Waals surface area contributed by atoms with Crippen LogP contribution in [0.25, 0.3) is 11.3 Å². The second kappa shape index (κ2) is 8.49. The molecule has 3 aromatic rings.